The molecule has 2 aromatic carbocycles. The van der Waals surface area contributed by atoms with Crippen LogP contribution in [0.25, 0.3) is 5.76 Å². The van der Waals surface area contributed by atoms with Gasteiger partial charge in [0, 0.05) is 26.2 Å². The van der Waals surface area contributed by atoms with Gasteiger partial charge in [0.05, 0.1) is 5.57 Å². The first-order valence-corrected chi connectivity index (χ1v) is 10.4. The third-order valence-electron chi connectivity index (χ3n) is 4.87. The molecule has 0 aliphatic carbocycles. The molecule has 1 amide bonds. The highest BCUT2D eigenvalue weighted by molar-refractivity contribution is 7.10. The summed E-state index contributed by atoms with van der Waals surface area (Å²) in [6, 6.07) is 14.6. The average molecular weight is 444 g/mol. The number of halogens is 2. The highest BCUT2D eigenvalue weighted by Crippen LogP contribution is 2.45. The summed E-state index contributed by atoms with van der Waals surface area (Å²) in [6.45, 7) is 1.79. The first-order valence-electron chi connectivity index (χ1n) is 8.75. The lowest BCUT2D eigenvalue weighted by Crippen LogP contribution is -2.29. The molecule has 0 radical (unpaired) electrons. The summed E-state index contributed by atoms with van der Waals surface area (Å²) in [5.74, 6) is -1.68. The third-order valence-corrected chi connectivity index (χ3v) is 6.46. The lowest BCUT2D eigenvalue weighted by molar-refractivity contribution is -0.132. The van der Waals surface area contributed by atoms with Crippen LogP contribution in [0, 0.1) is 6.92 Å². The van der Waals surface area contributed by atoms with Gasteiger partial charge in [-0.15, -0.1) is 11.3 Å². The number of aliphatic hydroxyl groups excluding tert-OH is 1. The molecule has 0 bridgehead atoms. The second kappa shape index (κ2) is 7.67. The van der Waals surface area contributed by atoms with Crippen LogP contribution in [-0.2, 0) is 9.59 Å². The Bertz CT molecular complexity index is 1140. The van der Waals surface area contributed by atoms with Crippen molar-refractivity contribution in [3.63, 3.8) is 0 Å². The van der Waals surface area contributed by atoms with Crippen LogP contribution >= 0.6 is 34.5 Å². The number of carbonyl (C=O) groups excluding carboxylic acids is 2. The van der Waals surface area contributed by atoms with Crippen LogP contribution in [0.1, 0.15) is 22.0 Å². The van der Waals surface area contributed by atoms with Crippen molar-refractivity contribution in [2.45, 2.75) is 13.0 Å². The standard InChI is InChI=1S/C22H15Cl2NO3S/c1-12-15(24)4-2-5-16(12)25-19(17-6-3-11-29-17)18(21(27)22(25)28)20(26)13-7-9-14(23)10-8-13/h2-11,19,26H,1H3/b20-18-. The molecule has 1 N–H and O–H groups in total. The van der Waals surface area contributed by atoms with Gasteiger partial charge in [-0.3, -0.25) is 14.5 Å². The van der Waals surface area contributed by atoms with E-state index in [0.29, 0.717) is 26.9 Å². The zero-order valence-electron chi connectivity index (χ0n) is 15.2. The van der Waals surface area contributed by atoms with Crippen molar-refractivity contribution >= 4 is 57.7 Å². The van der Waals surface area contributed by atoms with E-state index in [9.17, 15) is 14.7 Å². The minimum atomic E-state index is -0.747. The van der Waals surface area contributed by atoms with E-state index in [0.717, 1.165) is 4.88 Å². The van der Waals surface area contributed by atoms with Crippen molar-refractivity contribution in [3.8, 4) is 0 Å². The van der Waals surface area contributed by atoms with Gasteiger partial charge >= 0.3 is 0 Å². The van der Waals surface area contributed by atoms with E-state index >= 15 is 0 Å². The zero-order valence-corrected chi connectivity index (χ0v) is 17.6. The van der Waals surface area contributed by atoms with Crippen LogP contribution in [-0.4, -0.2) is 16.8 Å². The van der Waals surface area contributed by atoms with Crippen molar-refractivity contribution < 1.29 is 14.7 Å². The Kier molecular flexibility index (Phi) is 5.21. The minimum Gasteiger partial charge on any atom is -0.507 e. The molecule has 1 aromatic heterocycles. The molecule has 1 aliphatic rings. The molecular weight excluding hydrogens is 429 g/mol. The van der Waals surface area contributed by atoms with Gasteiger partial charge in [-0.1, -0.05) is 35.3 Å². The van der Waals surface area contributed by atoms with E-state index in [4.69, 9.17) is 23.2 Å². The van der Waals surface area contributed by atoms with E-state index in [-0.39, 0.29) is 11.3 Å². The highest BCUT2D eigenvalue weighted by atomic mass is 35.5. The number of hydrogen-bond acceptors (Lipinski definition) is 4. The van der Waals surface area contributed by atoms with Crippen LogP contribution in [0.4, 0.5) is 5.69 Å². The first kappa shape index (κ1) is 19.7. The number of anilines is 1. The Morgan fingerprint density at radius 2 is 1.76 bits per heavy atom. The van der Waals surface area contributed by atoms with Gasteiger partial charge in [-0.05, 0) is 60.3 Å². The van der Waals surface area contributed by atoms with Crippen LogP contribution in [0.2, 0.25) is 10.0 Å². The fourth-order valence-electron chi connectivity index (χ4n) is 3.42. The number of ketones is 1. The van der Waals surface area contributed by atoms with E-state index < -0.39 is 17.7 Å². The number of Topliss-reactive ketones (excluding diaryl/α,β-unsaturated/α-hetero) is 1. The molecule has 7 heteroatoms. The molecule has 1 saturated heterocycles. The Hall–Kier alpha value is -2.60. The summed E-state index contributed by atoms with van der Waals surface area (Å²) in [5, 5.41) is 13.8. The molecule has 1 unspecified atom stereocenters. The Labute approximate surface area is 181 Å². The second-order valence-electron chi connectivity index (χ2n) is 6.58. The molecule has 0 spiro atoms. The van der Waals surface area contributed by atoms with Gasteiger partial charge in [-0.25, -0.2) is 0 Å². The van der Waals surface area contributed by atoms with Gasteiger partial charge in [-0.2, -0.15) is 0 Å². The number of thiophene rings is 1. The van der Waals surface area contributed by atoms with Crippen LogP contribution < -0.4 is 4.90 Å². The number of nitrogens with zero attached hydrogens (tertiary/aromatic N) is 1. The average Bonchev–Trinajstić information content (AvgIpc) is 3.32. The lowest BCUT2D eigenvalue weighted by Gasteiger charge is -2.26. The number of hydrogen-bond donors (Lipinski definition) is 1. The zero-order chi connectivity index (χ0) is 20.7. The number of rotatable bonds is 3. The maximum Gasteiger partial charge on any atom is 0.300 e. The molecule has 29 heavy (non-hydrogen) atoms. The SMILES string of the molecule is Cc1c(Cl)cccc1N1C(=O)C(=O)/C(=C(\O)c2ccc(Cl)cc2)C1c1cccs1. The van der Waals surface area contributed by atoms with Crippen molar-refractivity contribution in [1.82, 2.24) is 0 Å². The topological polar surface area (TPSA) is 57.6 Å². The number of amides is 1. The third kappa shape index (κ3) is 3.35. The van der Waals surface area contributed by atoms with E-state index in [1.54, 1.807) is 49.4 Å². The molecular formula is C22H15Cl2NO3S. The fourth-order valence-corrected chi connectivity index (χ4v) is 4.54. The van der Waals surface area contributed by atoms with Crippen LogP contribution in [0.5, 0.6) is 0 Å². The maximum absolute atomic E-state index is 13.0. The quantitative estimate of drug-likeness (QED) is 0.307. The van der Waals surface area contributed by atoms with Crippen molar-refractivity contribution in [2.24, 2.45) is 0 Å². The Morgan fingerprint density at radius 3 is 2.41 bits per heavy atom. The summed E-state index contributed by atoms with van der Waals surface area (Å²) in [7, 11) is 0. The van der Waals surface area contributed by atoms with E-state index in [2.05, 4.69) is 0 Å². The van der Waals surface area contributed by atoms with Crippen LogP contribution in [0.15, 0.2) is 65.6 Å². The van der Waals surface area contributed by atoms with Gasteiger partial charge < -0.3 is 5.11 Å². The molecule has 4 rings (SSSR count). The number of carbonyl (C=O) groups is 2. The molecule has 4 nitrogen and oxygen atoms in total. The molecule has 146 valence electrons. The maximum atomic E-state index is 13.0. The Morgan fingerprint density at radius 1 is 1.03 bits per heavy atom. The van der Waals surface area contributed by atoms with Gasteiger partial charge in [0.25, 0.3) is 11.7 Å². The highest BCUT2D eigenvalue weighted by Gasteiger charge is 2.47. The summed E-state index contributed by atoms with van der Waals surface area (Å²) < 4.78 is 0. The molecule has 1 aliphatic heterocycles. The monoisotopic (exact) mass is 443 g/mol. The molecule has 3 aromatic rings. The molecule has 0 saturated carbocycles. The smallest absolute Gasteiger partial charge is 0.300 e. The van der Waals surface area contributed by atoms with Gasteiger partial charge in [0.1, 0.15) is 11.8 Å². The van der Waals surface area contributed by atoms with E-state index in [1.165, 1.54) is 16.2 Å². The van der Waals surface area contributed by atoms with E-state index in [1.807, 2.05) is 17.5 Å². The normalized spacial score (nSPS) is 18.4. The van der Waals surface area contributed by atoms with Crippen molar-refractivity contribution in [1.29, 1.82) is 0 Å². The van der Waals surface area contributed by atoms with Crippen molar-refractivity contribution in [3.05, 3.63) is 91.6 Å². The summed E-state index contributed by atoms with van der Waals surface area (Å²) in [5.41, 5.74) is 1.67. The summed E-state index contributed by atoms with van der Waals surface area (Å²) in [6.07, 6.45) is 0. The van der Waals surface area contributed by atoms with Gasteiger partial charge in [0.2, 0.25) is 0 Å². The van der Waals surface area contributed by atoms with Crippen LogP contribution in [0.3, 0.4) is 0 Å². The molecule has 1 fully saturated rings. The fraction of sp³-hybridized carbons (Fsp3) is 0.0909. The predicted octanol–water partition coefficient (Wildman–Crippen LogP) is 5.99. The van der Waals surface area contributed by atoms with Gasteiger partial charge in [0.15, 0.2) is 0 Å². The Balaban J connectivity index is 1.95. The lowest BCUT2D eigenvalue weighted by atomic mass is 9.99. The molecule has 2 heterocycles. The van der Waals surface area contributed by atoms with Crippen molar-refractivity contribution in [2.75, 3.05) is 4.90 Å². The second-order valence-corrected chi connectivity index (χ2v) is 8.40. The summed E-state index contributed by atoms with van der Waals surface area (Å²) in [4.78, 5) is 28.2. The first-order chi connectivity index (χ1) is 13.9. The summed E-state index contributed by atoms with van der Waals surface area (Å²) >= 11 is 13.6. The predicted molar refractivity (Wildman–Crippen MR) is 117 cm³/mol. The number of benzene rings is 2. The largest absolute Gasteiger partial charge is 0.507 e. The minimum absolute atomic E-state index is 0.0409. The number of aliphatic hydroxyl groups is 1. The molecule has 1 atom stereocenters.